The Hall–Kier alpha value is -6.32. The number of anilines is 3. The van der Waals surface area contributed by atoms with Crippen LogP contribution in [0.3, 0.4) is 0 Å². The summed E-state index contributed by atoms with van der Waals surface area (Å²) in [6.07, 6.45) is 0. The molecule has 0 saturated carbocycles. The molecule has 47 heavy (non-hydrogen) atoms. The predicted octanol–water partition coefficient (Wildman–Crippen LogP) is 12.9. The van der Waals surface area contributed by atoms with Gasteiger partial charge in [0, 0.05) is 44.5 Å². The molecule has 0 saturated heterocycles. The fraction of sp³-hybridized carbons (Fsp3) is 0. The van der Waals surface area contributed by atoms with Crippen LogP contribution in [-0.2, 0) is 0 Å². The van der Waals surface area contributed by atoms with Crippen molar-refractivity contribution in [1.29, 1.82) is 0 Å². The number of hydrogen-bond acceptors (Lipinski definition) is 3. The number of benzene rings is 8. The number of para-hydroxylation sites is 2. The Morgan fingerprint density at radius 3 is 1.96 bits per heavy atom. The van der Waals surface area contributed by atoms with E-state index in [1.165, 1.54) is 16.2 Å². The molecule has 0 unspecified atom stereocenters. The van der Waals surface area contributed by atoms with Gasteiger partial charge in [0.25, 0.3) is 0 Å². The average Bonchev–Trinajstić information content (AvgIpc) is 3.69. The fourth-order valence-corrected chi connectivity index (χ4v) is 7.22. The van der Waals surface area contributed by atoms with E-state index in [1.807, 2.05) is 12.1 Å². The van der Waals surface area contributed by atoms with Crippen LogP contribution in [0.25, 0.3) is 76.5 Å². The molecule has 10 rings (SSSR count). The van der Waals surface area contributed by atoms with Gasteiger partial charge in [0.05, 0.1) is 5.69 Å². The van der Waals surface area contributed by atoms with Crippen LogP contribution in [0.5, 0.6) is 0 Å². The molecule has 0 aliphatic rings. The van der Waals surface area contributed by atoms with Crippen LogP contribution in [0.1, 0.15) is 0 Å². The number of nitrogens with zero attached hydrogens (tertiary/aromatic N) is 1. The van der Waals surface area contributed by atoms with Crippen LogP contribution < -0.4 is 4.90 Å². The van der Waals surface area contributed by atoms with Crippen LogP contribution in [0, 0.1) is 0 Å². The third-order valence-corrected chi connectivity index (χ3v) is 9.41. The Kier molecular flexibility index (Phi) is 5.57. The molecule has 0 spiro atoms. The first-order valence-electron chi connectivity index (χ1n) is 15.9. The minimum atomic E-state index is 0.860. The Labute approximate surface area is 270 Å². The number of rotatable bonds is 4. The maximum absolute atomic E-state index is 6.56. The Balaban J connectivity index is 1.24. The third-order valence-electron chi connectivity index (χ3n) is 9.41. The van der Waals surface area contributed by atoms with Gasteiger partial charge in [0.1, 0.15) is 22.3 Å². The Bertz CT molecular complexity index is 2810. The molecule has 0 bridgehead atoms. The summed E-state index contributed by atoms with van der Waals surface area (Å²) in [4.78, 5) is 2.35. The molecule has 3 nitrogen and oxygen atoms in total. The van der Waals surface area contributed by atoms with E-state index in [0.717, 1.165) is 77.5 Å². The van der Waals surface area contributed by atoms with Gasteiger partial charge in [-0.3, -0.25) is 0 Å². The van der Waals surface area contributed by atoms with E-state index in [0.29, 0.717) is 0 Å². The van der Waals surface area contributed by atoms with Crippen molar-refractivity contribution in [2.24, 2.45) is 0 Å². The van der Waals surface area contributed by atoms with Crippen LogP contribution >= 0.6 is 0 Å². The highest BCUT2D eigenvalue weighted by Crippen LogP contribution is 2.45. The zero-order valence-corrected chi connectivity index (χ0v) is 25.4. The lowest BCUT2D eigenvalue weighted by Crippen LogP contribution is -2.11. The summed E-state index contributed by atoms with van der Waals surface area (Å²) in [5.41, 5.74) is 9.02. The van der Waals surface area contributed by atoms with E-state index in [1.54, 1.807) is 0 Å². The lowest BCUT2D eigenvalue weighted by atomic mass is 10.00. The summed E-state index contributed by atoms with van der Waals surface area (Å²) in [6, 6.07) is 57.9. The molecular weight excluding hydrogens is 574 g/mol. The topological polar surface area (TPSA) is 29.5 Å². The molecule has 220 valence electrons. The van der Waals surface area contributed by atoms with Gasteiger partial charge in [-0.2, -0.15) is 0 Å². The van der Waals surface area contributed by atoms with Crippen molar-refractivity contribution in [3.8, 4) is 11.1 Å². The highest BCUT2D eigenvalue weighted by atomic mass is 16.3. The molecule has 2 aromatic heterocycles. The molecule has 0 aliphatic carbocycles. The van der Waals surface area contributed by atoms with Gasteiger partial charge in [-0.25, -0.2) is 0 Å². The van der Waals surface area contributed by atoms with E-state index >= 15 is 0 Å². The maximum Gasteiger partial charge on any atom is 0.137 e. The molecule has 0 amide bonds. The van der Waals surface area contributed by atoms with Crippen LogP contribution in [0.2, 0.25) is 0 Å². The molecule has 10 aromatic rings. The monoisotopic (exact) mass is 601 g/mol. The lowest BCUT2D eigenvalue weighted by molar-refractivity contribution is 0.669. The maximum atomic E-state index is 6.56. The number of furan rings is 2. The SMILES string of the molecule is c1ccc(-c2ccccc2N(c2ccc3c(c2)oc2cc4ccccc4cc23)c2ccc3ccc4oc5ccccc5c4c3c2)cc1. The zero-order chi connectivity index (χ0) is 30.9. The van der Waals surface area contributed by atoms with Crippen molar-refractivity contribution in [2.45, 2.75) is 0 Å². The van der Waals surface area contributed by atoms with Crippen molar-refractivity contribution in [3.05, 3.63) is 164 Å². The molecule has 8 aromatic carbocycles. The molecule has 2 heterocycles. The smallest absolute Gasteiger partial charge is 0.137 e. The number of hydrogen-bond donors (Lipinski definition) is 0. The highest BCUT2D eigenvalue weighted by Gasteiger charge is 2.20. The standard InChI is InChI=1S/C44H27NO2/c1-2-10-28(11-3-1)34-14-6-8-16-39(34)45(32-20-18-29-19-23-41-44(37(29)26-32)36-15-7-9-17-40(36)46-41)33-21-22-35-38-24-30-12-4-5-13-31(30)25-42(38)47-43(35)27-33/h1-27H. The van der Waals surface area contributed by atoms with Crippen molar-refractivity contribution in [2.75, 3.05) is 4.90 Å². The largest absolute Gasteiger partial charge is 0.456 e. The minimum Gasteiger partial charge on any atom is -0.456 e. The zero-order valence-electron chi connectivity index (χ0n) is 25.4. The molecule has 3 heteroatoms. The Morgan fingerprint density at radius 2 is 1.04 bits per heavy atom. The third kappa shape index (κ3) is 4.07. The van der Waals surface area contributed by atoms with E-state index in [-0.39, 0.29) is 0 Å². The van der Waals surface area contributed by atoms with Gasteiger partial charge in [-0.15, -0.1) is 0 Å². The van der Waals surface area contributed by atoms with Crippen molar-refractivity contribution in [3.63, 3.8) is 0 Å². The minimum absolute atomic E-state index is 0.860. The summed E-state index contributed by atoms with van der Waals surface area (Å²) >= 11 is 0. The van der Waals surface area contributed by atoms with Gasteiger partial charge < -0.3 is 13.7 Å². The van der Waals surface area contributed by atoms with Gasteiger partial charge in [0.15, 0.2) is 0 Å². The van der Waals surface area contributed by atoms with Crippen molar-refractivity contribution >= 4 is 82.5 Å². The van der Waals surface area contributed by atoms with E-state index in [2.05, 4.69) is 157 Å². The quantitative estimate of drug-likeness (QED) is 0.201. The van der Waals surface area contributed by atoms with E-state index in [9.17, 15) is 0 Å². The first-order valence-corrected chi connectivity index (χ1v) is 15.9. The van der Waals surface area contributed by atoms with Gasteiger partial charge in [-0.1, -0.05) is 103 Å². The molecule has 0 atom stereocenters. The number of fused-ring (bicyclic) bond motifs is 9. The summed E-state index contributed by atoms with van der Waals surface area (Å²) in [7, 11) is 0. The molecule has 0 radical (unpaired) electrons. The average molecular weight is 602 g/mol. The van der Waals surface area contributed by atoms with Crippen LogP contribution in [0.15, 0.2) is 173 Å². The van der Waals surface area contributed by atoms with Gasteiger partial charge in [-0.05, 0) is 81.7 Å². The normalized spacial score (nSPS) is 11.8. The summed E-state index contributed by atoms with van der Waals surface area (Å²) in [5, 5.41) is 9.20. The first-order chi connectivity index (χ1) is 23.3. The van der Waals surface area contributed by atoms with Gasteiger partial charge in [0.2, 0.25) is 0 Å². The summed E-state index contributed by atoms with van der Waals surface area (Å²) < 4.78 is 12.9. The fourth-order valence-electron chi connectivity index (χ4n) is 7.22. The van der Waals surface area contributed by atoms with Crippen LogP contribution in [-0.4, -0.2) is 0 Å². The van der Waals surface area contributed by atoms with Crippen LogP contribution in [0.4, 0.5) is 17.1 Å². The van der Waals surface area contributed by atoms with E-state index in [4.69, 9.17) is 8.83 Å². The second-order valence-corrected chi connectivity index (χ2v) is 12.1. The van der Waals surface area contributed by atoms with E-state index < -0.39 is 0 Å². The summed E-state index contributed by atoms with van der Waals surface area (Å²) in [5.74, 6) is 0. The molecular formula is C44H27NO2. The molecule has 0 fully saturated rings. The van der Waals surface area contributed by atoms with Crippen molar-refractivity contribution < 1.29 is 8.83 Å². The second-order valence-electron chi connectivity index (χ2n) is 12.1. The second kappa shape index (κ2) is 10.1. The predicted molar refractivity (Wildman–Crippen MR) is 196 cm³/mol. The first kappa shape index (κ1) is 26.0. The lowest BCUT2D eigenvalue weighted by Gasteiger charge is -2.28. The summed E-state index contributed by atoms with van der Waals surface area (Å²) in [6.45, 7) is 0. The molecule has 0 N–H and O–H groups in total. The highest BCUT2D eigenvalue weighted by molar-refractivity contribution is 6.19. The van der Waals surface area contributed by atoms with Gasteiger partial charge >= 0.3 is 0 Å². The Morgan fingerprint density at radius 1 is 0.362 bits per heavy atom. The van der Waals surface area contributed by atoms with Crippen molar-refractivity contribution in [1.82, 2.24) is 0 Å². The molecule has 0 aliphatic heterocycles.